The molecular formula is C14H19N3O3S. The Hall–Kier alpha value is -1.83. The number of rotatable bonds is 6. The summed E-state index contributed by atoms with van der Waals surface area (Å²) in [7, 11) is 0.259. The quantitative estimate of drug-likeness (QED) is 0.846. The van der Waals surface area contributed by atoms with Crippen molar-refractivity contribution in [1.29, 1.82) is 0 Å². The monoisotopic (exact) mass is 309 g/mol. The molecule has 3 N–H and O–H groups in total. The van der Waals surface area contributed by atoms with Crippen molar-refractivity contribution in [1.82, 2.24) is 4.90 Å². The van der Waals surface area contributed by atoms with Gasteiger partial charge >= 0.3 is 0 Å². The third kappa shape index (κ3) is 4.59. The number of nitrogens with zero attached hydrogens (tertiary/aromatic N) is 1. The van der Waals surface area contributed by atoms with E-state index >= 15 is 0 Å². The van der Waals surface area contributed by atoms with Gasteiger partial charge in [0.05, 0.1) is 6.54 Å². The molecular weight excluding hydrogens is 290 g/mol. The molecule has 21 heavy (non-hydrogen) atoms. The average molecular weight is 309 g/mol. The first-order chi connectivity index (χ1) is 9.84. The number of hydrogen-bond donors (Lipinski definition) is 2. The fourth-order valence-electron chi connectivity index (χ4n) is 1.89. The summed E-state index contributed by atoms with van der Waals surface area (Å²) < 4.78 is 27.4. The van der Waals surface area contributed by atoms with E-state index in [0.717, 1.165) is 12.2 Å². The first-order valence-electron chi connectivity index (χ1n) is 6.43. The van der Waals surface area contributed by atoms with Gasteiger partial charge in [0.15, 0.2) is 0 Å². The zero-order chi connectivity index (χ0) is 15.5. The van der Waals surface area contributed by atoms with Crippen LogP contribution in [0.4, 0.5) is 5.69 Å². The minimum Gasteiger partial charge on any atom is -0.446 e. The van der Waals surface area contributed by atoms with E-state index in [-0.39, 0.29) is 5.09 Å². The largest absolute Gasteiger partial charge is 0.446 e. The number of furan rings is 1. The molecule has 0 bridgehead atoms. The average Bonchev–Trinajstić information content (AvgIpc) is 2.86. The number of nitrogens with one attached hydrogen (secondary N) is 1. The summed E-state index contributed by atoms with van der Waals surface area (Å²) >= 11 is 0. The number of nitrogens with two attached hydrogens (primary N) is 1. The second-order valence-corrected chi connectivity index (χ2v) is 6.55. The molecule has 6 nitrogen and oxygen atoms in total. The molecule has 0 spiro atoms. The van der Waals surface area contributed by atoms with Gasteiger partial charge in [-0.25, -0.2) is 13.6 Å². The van der Waals surface area contributed by atoms with E-state index in [4.69, 9.17) is 9.56 Å². The van der Waals surface area contributed by atoms with Gasteiger partial charge in [0, 0.05) is 12.2 Å². The summed E-state index contributed by atoms with van der Waals surface area (Å²) in [6.45, 7) is 1.28. The Balaban J connectivity index is 1.95. The van der Waals surface area contributed by atoms with Gasteiger partial charge in [0.1, 0.15) is 5.76 Å². The van der Waals surface area contributed by atoms with Crippen molar-refractivity contribution < 1.29 is 12.8 Å². The van der Waals surface area contributed by atoms with Gasteiger partial charge in [-0.2, -0.15) is 0 Å². The highest BCUT2D eigenvalue weighted by Gasteiger charge is 2.12. The van der Waals surface area contributed by atoms with Crippen LogP contribution in [0, 0.1) is 0 Å². The first kappa shape index (κ1) is 15.6. The van der Waals surface area contributed by atoms with E-state index in [2.05, 4.69) is 10.2 Å². The van der Waals surface area contributed by atoms with E-state index in [1.165, 1.54) is 11.6 Å². The van der Waals surface area contributed by atoms with Crippen molar-refractivity contribution in [3.05, 3.63) is 47.7 Å². The molecule has 1 aromatic heterocycles. The summed E-state index contributed by atoms with van der Waals surface area (Å²) in [6, 6.07) is 11.0. The fourth-order valence-corrected chi connectivity index (χ4v) is 2.37. The van der Waals surface area contributed by atoms with Crippen LogP contribution in [0.3, 0.4) is 0 Å². The zero-order valence-corrected chi connectivity index (χ0v) is 12.9. The summed E-state index contributed by atoms with van der Waals surface area (Å²) in [5.41, 5.74) is 2.16. The van der Waals surface area contributed by atoms with Crippen molar-refractivity contribution in [3.8, 4) is 0 Å². The minimum absolute atomic E-state index is 0.222. The third-order valence-electron chi connectivity index (χ3n) is 2.84. The summed E-state index contributed by atoms with van der Waals surface area (Å²) in [4.78, 5) is 2.10. The van der Waals surface area contributed by atoms with E-state index in [1.807, 2.05) is 38.4 Å². The van der Waals surface area contributed by atoms with Gasteiger partial charge in [-0.05, 0) is 43.9 Å². The molecule has 0 atom stereocenters. The Morgan fingerprint density at radius 3 is 2.33 bits per heavy atom. The Labute approximate surface area is 124 Å². The normalized spacial score (nSPS) is 11.8. The van der Waals surface area contributed by atoms with Crippen molar-refractivity contribution in [2.45, 2.75) is 18.2 Å². The molecule has 7 heteroatoms. The van der Waals surface area contributed by atoms with Crippen LogP contribution in [0.1, 0.15) is 11.3 Å². The molecule has 2 aromatic rings. The van der Waals surface area contributed by atoms with Crippen molar-refractivity contribution >= 4 is 15.7 Å². The maximum Gasteiger partial charge on any atom is 0.271 e. The van der Waals surface area contributed by atoms with E-state index in [9.17, 15) is 8.42 Å². The molecule has 2 rings (SSSR count). The molecule has 114 valence electrons. The smallest absolute Gasteiger partial charge is 0.271 e. The second kappa shape index (κ2) is 6.30. The third-order valence-corrected chi connectivity index (χ3v) is 3.62. The second-order valence-electron chi connectivity index (χ2n) is 5.05. The van der Waals surface area contributed by atoms with Crippen LogP contribution in [-0.4, -0.2) is 27.4 Å². The van der Waals surface area contributed by atoms with Crippen LogP contribution in [0.15, 0.2) is 45.9 Å². The maximum absolute atomic E-state index is 11.1. The lowest BCUT2D eigenvalue weighted by Gasteiger charge is -2.10. The lowest BCUT2D eigenvalue weighted by atomic mass is 10.2. The molecule has 0 amide bonds. The van der Waals surface area contributed by atoms with Crippen molar-refractivity contribution in [2.75, 3.05) is 19.4 Å². The molecule has 0 saturated heterocycles. The van der Waals surface area contributed by atoms with Crippen molar-refractivity contribution in [3.63, 3.8) is 0 Å². The number of anilines is 1. The van der Waals surface area contributed by atoms with Gasteiger partial charge in [-0.15, -0.1) is 0 Å². The maximum atomic E-state index is 11.1. The molecule has 0 aliphatic carbocycles. The number of hydrogen-bond acceptors (Lipinski definition) is 5. The van der Waals surface area contributed by atoms with Crippen LogP contribution in [0.2, 0.25) is 0 Å². The highest BCUT2D eigenvalue weighted by molar-refractivity contribution is 7.89. The van der Waals surface area contributed by atoms with Gasteiger partial charge in [-0.1, -0.05) is 12.1 Å². The Kier molecular flexibility index (Phi) is 4.66. The highest BCUT2D eigenvalue weighted by atomic mass is 32.2. The predicted octanol–water partition coefficient (Wildman–Crippen LogP) is 1.60. The zero-order valence-electron chi connectivity index (χ0n) is 12.0. The van der Waals surface area contributed by atoms with Crippen LogP contribution in [0.25, 0.3) is 0 Å². The SMILES string of the molecule is CN(C)Cc1ccc(NCc2ccc(S(N)(=O)=O)o2)cc1. The van der Waals surface area contributed by atoms with Crippen LogP contribution < -0.4 is 10.5 Å². The topological polar surface area (TPSA) is 88.6 Å². The van der Waals surface area contributed by atoms with Gasteiger partial charge in [0.25, 0.3) is 10.0 Å². The Morgan fingerprint density at radius 2 is 1.81 bits per heavy atom. The lowest BCUT2D eigenvalue weighted by molar-refractivity contribution is 0.402. The summed E-state index contributed by atoms with van der Waals surface area (Å²) in [5, 5.41) is 7.93. The standard InChI is InChI=1S/C14H19N3O3S/c1-17(2)10-11-3-5-12(6-4-11)16-9-13-7-8-14(20-13)21(15,18)19/h3-8,16H,9-10H2,1-2H3,(H2,15,18,19). The molecule has 1 aromatic carbocycles. The van der Waals surface area contributed by atoms with Crippen LogP contribution >= 0.6 is 0 Å². The molecule has 0 unspecified atom stereocenters. The number of benzene rings is 1. The van der Waals surface area contributed by atoms with Crippen molar-refractivity contribution in [2.24, 2.45) is 5.14 Å². The highest BCUT2D eigenvalue weighted by Crippen LogP contribution is 2.15. The molecule has 0 saturated carbocycles. The first-order valence-corrected chi connectivity index (χ1v) is 7.98. The van der Waals surface area contributed by atoms with Gasteiger partial charge in [0.2, 0.25) is 5.09 Å². The minimum atomic E-state index is -3.78. The van der Waals surface area contributed by atoms with Gasteiger partial charge in [-0.3, -0.25) is 0 Å². The molecule has 0 aliphatic heterocycles. The summed E-state index contributed by atoms with van der Waals surface area (Å²) in [6.07, 6.45) is 0. The van der Waals surface area contributed by atoms with Crippen LogP contribution in [0.5, 0.6) is 0 Å². The van der Waals surface area contributed by atoms with E-state index < -0.39 is 10.0 Å². The fraction of sp³-hybridized carbons (Fsp3) is 0.286. The lowest BCUT2D eigenvalue weighted by Crippen LogP contribution is -2.11. The number of sulfonamides is 1. The van der Waals surface area contributed by atoms with Crippen LogP contribution in [-0.2, 0) is 23.1 Å². The Bertz CT molecular complexity index is 691. The van der Waals surface area contributed by atoms with E-state index in [0.29, 0.717) is 12.3 Å². The van der Waals surface area contributed by atoms with Gasteiger partial charge < -0.3 is 14.6 Å². The van der Waals surface area contributed by atoms with E-state index in [1.54, 1.807) is 6.07 Å². The Morgan fingerprint density at radius 1 is 1.14 bits per heavy atom. The number of primary sulfonamides is 1. The molecule has 0 aliphatic rings. The summed E-state index contributed by atoms with van der Waals surface area (Å²) in [5.74, 6) is 0.511. The predicted molar refractivity (Wildman–Crippen MR) is 81.2 cm³/mol. The molecule has 0 fully saturated rings. The molecule has 1 heterocycles. The molecule has 0 radical (unpaired) electrons.